The lowest BCUT2D eigenvalue weighted by Gasteiger charge is -2.22. The van der Waals surface area contributed by atoms with E-state index in [0.29, 0.717) is 17.8 Å². The van der Waals surface area contributed by atoms with Gasteiger partial charge in [-0.2, -0.15) is 23.4 Å². The zero-order chi connectivity index (χ0) is 28.9. The first-order valence-electron chi connectivity index (χ1n) is 11.6. The van der Waals surface area contributed by atoms with Crippen molar-refractivity contribution in [2.45, 2.75) is 25.6 Å². The predicted molar refractivity (Wildman–Crippen MR) is 137 cm³/mol. The van der Waals surface area contributed by atoms with Gasteiger partial charge in [0.15, 0.2) is 5.65 Å². The molecule has 13 heteroatoms. The number of benzene rings is 2. The smallest absolute Gasteiger partial charge is 0.475 e. The molecular weight excluding hydrogens is 532 g/mol. The van der Waals surface area contributed by atoms with Gasteiger partial charge in [0.25, 0.3) is 0 Å². The van der Waals surface area contributed by atoms with Crippen LogP contribution in [-0.2, 0) is 4.79 Å². The molecule has 40 heavy (non-hydrogen) atoms. The average Bonchev–Trinajstić information content (AvgIpc) is 3.57. The molecule has 2 amide bonds. The first-order chi connectivity index (χ1) is 19.0. The van der Waals surface area contributed by atoms with Crippen LogP contribution in [0.25, 0.3) is 5.65 Å². The number of amides is 2. The Morgan fingerprint density at radius 3 is 2.52 bits per heavy atom. The van der Waals surface area contributed by atoms with Crippen molar-refractivity contribution < 1.29 is 32.3 Å². The number of carbonyl (C=O) groups excluding carboxylic acids is 1. The molecule has 0 fully saturated rings. The molecule has 1 aliphatic heterocycles. The maximum absolute atomic E-state index is 13.3. The molecule has 2 N–H and O–H groups in total. The van der Waals surface area contributed by atoms with Crippen LogP contribution >= 0.6 is 0 Å². The van der Waals surface area contributed by atoms with Crippen LogP contribution in [-0.4, -0.2) is 49.1 Å². The summed E-state index contributed by atoms with van der Waals surface area (Å²) in [5.74, 6) is 3.18. The number of fused-ring (bicyclic) bond motifs is 1. The number of urea groups is 1. The standard InChI is InChI=1S/C25H19FN6O.C2HF3O2/c1-17-4-10-21(15-19(17)7-11-22-16-27-24-3-2-13-28-31(22)24)30-25(33)32-23(12-14-29-32)18-5-8-20(26)9-6-18;3-2(4,5)1(6)7/h2-6,8-10,13-16,23H,12H2,1H3,(H,30,33);(H,6,7). The van der Waals surface area contributed by atoms with Crippen LogP contribution < -0.4 is 5.32 Å². The molecule has 0 saturated heterocycles. The van der Waals surface area contributed by atoms with E-state index in [2.05, 4.69) is 32.3 Å². The summed E-state index contributed by atoms with van der Waals surface area (Å²) in [7, 11) is 0. The third kappa shape index (κ3) is 6.60. The Labute approximate surface area is 224 Å². The van der Waals surface area contributed by atoms with Gasteiger partial charge in [-0.1, -0.05) is 24.1 Å². The number of aryl methyl sites for hydroxylation is 1. The molecule has 0 spiro atoms. The van der Waals surface area contributed by atoms with Gasteiger partial charge in [0.05, 0.1) is 12.2 Å². The monoisotopic (exact) mass is 552 g/mol. The minimum atomic E-state index is -5.08. The number of rotatable bonds is 2. The number of aliphatic carboxylic acids is 1. The van der Waals surface area contributed by atoms with Gasteiger partial charge in [-0.25, -0.2) is 28.5 Å². The van der Waals surface area contributed by atoms with Gasteiger partial charge in [0.2, 0.25) is 0 Å². The third-order valence-electron chi connectivity index (χ3n) is 5.63. The van der Waals surface area contributed by atoms with Crippen LogP contribution in [0.15, 0.2) is 72.1 Å². The minimum absolute atomic E-state index is 0.280. The number of nitrogens with zero attached hydrogens (tertiary/aromatic N) is 5. The van der Waals surface area contributed by atoms with Gasteiger partial charge < -0.3 is 10.4 Å². The Bertz CT molecular complexity index is 1640. The lowest BCUT2D eigenvalue weighted by atomic mass is 10.0. The van der Waals surface area contributed by atoms with Crippen molar-refractivity contribution in [1.82, 2.24) is 19.6 Å². The second-order valence-corrected chi connectivity index (χ2v) is 8.40. The van der Waals surface area contributed by atoms with Crippen LogP contribution in [0.1, 0.15) is 34.8 Å². The van der Waals surface area contributed by atoms with Crippen LogP contribution in [0.5, 0.6) is 0 Å². The van der Waals surface area contributed by atoms with E-state index < -0.39 is 12.1 Å². The normalized spacial score (nSPS) is 14.2. The van der Waals surface area contributed by atoms with Gasteiger partial charge in [-0.3, -0.25) is 0 Å². The Morgan fingerprint density at radius 1 is 1.10 bits per heavy atom. The Hall–Kier alpha value is -5.25. The summed E-state index contributed by atoms with van der Waals surface area (Å²) in [6.07, 6.45) is 0.527. The molecule has 9 nitrogen and oxygen atoms in total. The van der Waals surface area contributed by atoms with Crippen molar-refractivity contribution >= 4 is 29.5 Å². The zero-order valence-electron chi connectivity index (χ0n) is 20.7. The molecule has 0 aliphatic carbocycles. The maximum atomic E-state index is 13.3. The highest BCUT2D eigenvalue weighted by atomic mass is 19.4. The SMILES string of the molecule is Cc1ccc(NC(=O)N2N=CCC2c2ccc(F)cc2)cc1C#Cc1cnc2cccnn12.O=C(O)C(F)(F)F. The molecule has 0 radical (unpaired) electrons. The van der Waals surface area contributed by atoms with Crippen LogP contribution in [0, 0.1) is 24.6 Å². The van der Waals surface area contributed by atoms with Gasteiger partial charge in [-0.15, -0.1) is 0 Å². The van der Waals surface area contributed by atoms with Gasteiger partial charge in [0.1, 0.15) is 11.5 Å². The molecule has 3 heterocycles. The topological polar surface area (TPSA) is 112 Å². The van der Waals surface area contributed by atoms with E-state index in [1.165, 1.54) is 17.1 Å². The lowest BCUT2D eigenvalue weighted by molar-refractivity contribution is -0.192. The molecule has 0 bridgehead atoms. The number of carboxylic acid groups (broad SMARTS) is 1. The van der Waals surface area contributed by atoms with Crippen molar-refractivity contribution in [2.24, 2.45) is 5.10 Å². The van der Waals surface area contributed by atoms with E-state index in [1.54, 1.807) is 35.3 Å². The second kappa shape index (κ2) is 11.6. The van der Waals surface area contributed by atoms with E-state index in [-0.39, 0.29) is 17.9 Å². The predicted octanol–water partition coefficient (Wildman–Crippen LogP) is 5.17. The van der Waals surface area contributed by atoms with Crippen LogP contribution in [0.2, 0.25) is 0 Å². The van der Waals surface area contributed by atoms with Gasteiger partial charge in [0, 0.05) is 30.1 Å². The van der Waals surface area contributed by atoms with Gasteiger partial charge >= 0.3 is 18.2 Å². The molecule has 0 saturated carbocycles. The van der Waals surface area contributed by atoms with Crippen LogP contribution in [0.3, 0.4) is 0 Å². The van der Waals surface area contributed by atoms with E-state index in [9.17, 15) is 22.4 Å². The highest BCUT2D eigenvalue weighted by Crippen LogP contribution is 2.29. The summed E-state index contributed by atoms with van der Waals surface area (Å²) in [5, 5.41) is 19.9. The number of imidazole rings is 1. The van der Waals surface area contributed by atoms with E-state index in [1.807, 2.05) is 37.3 Å². The highest BCUT2D eigenvalue weighted by Gasteiger charge is 2.38. The van der Waals surface area contributed by atoms with Crippen molar-refractivity contribution in [1.29, 1.82) is 0 Å². The lowest BCUT2D eigenvalue weighted by Crippen LogP contribution is -2.31. The van der Waals surface area contributed by atoms with Crippen molar-refractivity contribution in [3.63, 3.8) is 0 Å². The molecule has 204 valence electrons. The number of nitrogens with one attached hydrogen (secondary N) is 1. The Kier molecular flexibility index (Phi) is 8.09. The van der Waals surface area contributed by atoms with E-state index in [4.69, 9.17) is 9.90 Å². The molecular formula is C27H20F4N6O3. The molecule has 4 aromatic rings. The fourth-order valence-electron chi connectivity index (χ4n) is 3.63. The Balaban J connectivity index is 0.000000470. The molecule has 1 aliphatic rings. The quantitative estimate of drug-likeness (QED) is 0.263. The number of carbonyl (C=O) groups is 2. The van der Waals surface area contributed by atoms with Gasteiger partial charge in [-0.05, 0) is 60.4 Å². The molecule has 2 aromatic heterocycles. The first kappa shape index (κ1) is 27.8. The molecule has 5 rings (SSSR count). The minimum Gasteiger partial charge on any atom is -0.475 e. The molecule has 1 unspecified atom stereocenters. The van der Waals surface area contributed by atoms with Crippen LogP contribution in [0.4, 0.5) is 28.0 Å². The number of hydrazone groups is 1. The number of halogens is 4. The van der Waals surface area contributed by atoms with Crippen molar-refractivity contribution in [3.05, 3.63) is 95.2 Å². The van der Waals surface area contributed by atoms with E-state index >= 15 is 0 Å². The zero-order valence-corrected chi connectivity index (χ0v) is 20.7. The fourth-order valence-corrected chi connectivity index (χ4v) is 3.63. The number of hydrogen-bond acceptors (Lipinski definition) is 5. The molecule has 2 aromatic carbocycles. The summed E-state index contributed by atoms with van der Waals surface area (Å²) in [6, 6.07) is 14.7. The highest BCUT2D eigenvalue weighted by molar-refractivity contribution is 5.91. The third-order valence-corrected chi connectivity index (χ3v) is 5.63. The van der Waals surface area contributed by atoms with Crippen molar-refractivity contribution in [2.75, 3.05) is 5.32 Å². The van der Waals surface area contributed by atoms with E-state index in [0.717, 1.165) is 22.3 Å². The number of hydrogen-bond donors (Lipinski definition) is 2. The number of aromatic nitrogens is 3. The summed E-state index contributed by atoms with van der Waals surface area (Å²) >= 11 is 0. The average molecular weight is 552 g/mol. The largest absolute Gasteiger partial charge is 0.490 e. The first-order valence-corrected chi connectivity index (χ1v) is 11.6. The number of alkyl halides is 3. The maximum Gasteiger partial charge on any atom is 0.490 e. The summed E-state index contributed by atoms with van der Waals surface area (Å²) < 4.78 is 46.7. The second-order valence-electron chi connectivity index (χ2n) is 8.40. The molecule has 1 atom stereocenters. The summed E-state index contributed by atoms with van der Waals surface area (Å²) in [5.41, 5.74) is 4.58. The summed E-state index contributed by atoms with van der Waals surface area (Å²) in [4.78, 5) is 26.1. The summed E-state index contributed by atoms with van der Waals surface area (Å²) in [6.45, 7) is 1.96. The number of carboxylic acids is 1. The fraction of sp³-hybridized carbons (Fsp3) is 0.148. The Morgan fingerprint density at radius 2 is 1.82 bits per heavy atom. The number of anilines is 1. The van der Waals surface area contributed by atoms with Crippen molar-refractivity contribution in [3.8, 4) is 11.8 Å².